The second kappa shape index (κ2) is 5.49. The molecule has 0 amide bonds. The fourth-order valence-electron chi connectivity index (χ4n) is 4.12. The number of aryl methyl sites for hydroxylation is 2. The Morgan fingerprint density at radius 2 is 1.86 bits per heavy atom. The van der Waals surface area contributed by atoms with E-state index in [1.54, 1.807) is 0 Å². The third-order valence-electron chi connectivity index (χ3n) is 5.39. The van der Waals surface area contributed by atoms with E-state index >= 15 is 0 Å². The molecule has 0 N–H and O–H groups in total. The van der Waals surface area contributed by atoms with Gasteiger partial charge in [0.1, 0.15) is 5.82 Å². The fourth-order valence-corrected chi connectivity index (χ4v) is 4.12. The zero-order valence-corrected chi connectivity index (χ0v) is 13.8. The minimum absolute atomic E-state index is 0.207. The van der Waals surface area contributed by atoms with Crippen LogP contribution in [-0.2, 0) is 12.8 Å². The third-order valence-corrected chi connectivity index (χ3v) is 5.39. The van der Waals surface area contributed by atoms with Crippen LogP contribution < -0.4 is 0 Å². The smallest absolute Gasteiger partial charge is 0.153 e. The summed E-state index contributed by atoms with van der Waals surface area (Å²) >= 11 is 0. The molecule has 3 rings (SSSR count). The van der Waals surface area contributed by atoms with Gasteiger partial charge in [-0.05, 0) is 72.7 Å². The SMILES string of the molecule is CCCC1Cc2c(C)c(C)c3c(F)c(C=O)c(C)cc3c2C1. The van der Waals surface area contributed by atoms with Crippen LogP contribution in [0.15, 0.2) is 6.07 Å². The number of aldehydes is 1. The predicted molar refractivity (Wildman–Crippen MR) is 89.3 cm³/mol. The molecule has 0 radical (unpaired) electrons. The zero-order chi connectivity index (χ0) is 16.0. The highest BCUT2D eigenvalue weighted by molar-refractivity contribution is 5.97. The predicted octanol–water partition coefficient (Wildman–Crippen LogP) is 5.23. The average molecular weight is 298 g/mol. The van der Waals surface area contributed by atoms with Crippen LogP contribution in [0.3, 0.4) is 0 Å². The Morgan fingerprint density at radius 1 is 1.18 bits per heavy atom. The van der Waals surface area contributed by atoms with Crippen molar-refractivity contribution in [3.63, 3.8) is 0 Å². The van der Waals surface area contributed by atoms with Crippen molar-refractivity contribution in [3.05, 3.63) is 45.3 Å². The number of carbonyl (C=O) groups excluding carboxylic acids is 1. The summed E-state index contributed by atoms with van der Waals surface area (Å²) in [4.78, 5) is 11.2. The lowest BCUT2D eigenvalue weighted by atomic mass is 9.89. The molecule has 22 heavy (non-hydrogen) atoms. The molecule has 116 valence electrons. The minimum Gasteiger partial charge on any atom is -0.298 e. The summed E-state index contributed by atoms with van der Waals surface area (Å²) in [6.07, 6.45) is 5.22. The van der Waals surface area contributed by atoms with Crippen LogP contribution in [0.5, 0.6) is 0 Å². The number of rotatable bonds is 3. The molecule has 1 aliphatic carbocycles. The van der Waals surface area contributed by atoms with Crippen LogP contribution in [-0.4, -0.2) is 6.29 Å². The Morgan fingerprint density at radius 3 is 2.50 bits per heavy atom. The monoisotopic (exact) mass is 298 g/mol. The Labute approximate surface area is 131 Å². The summed E-state index contributed by atoms with van der Waals surface area (Å²) in [5, 5.41) is 1.68. The molecule has 2 aromatic carbocycles. The van der Waals surface area contributed by atoms with E-state index in [4.69, 9.17) is 0 Å². The molecular formula is C20H23FO. The van der Waals surface area contributed by atoms with Gasteiger partial charge >= 0.3 is 0 Å². The number of hydrogen-bond acceptors (Lipinski definition) is 1. The number of carbonyl (C=O) groups is 1. The summed E-state index contributed by atoms with van der Waals surface area (Å²) in [5.74, 6) is 0.338. The van der Waals surface area contributed by atoms with Crippen LogP contribution in [0.1, 0.15) is 57.9 Å². The average Bonchev–Trinajstić information content (AvgIpc) is 2.89. The molecule has 0 bridgehead atoms. The highest BCUT2D eigenvalue weighted by atomic mass is 19.1. The highest BCUT2D eigenvalue weighted by Crippen LogP contribution is 2.41. The first-order chi connectivity index (χ1) is 10.5. The van der Waals surface area contributed by atoms with Crippen LogP contribution in [0.4, 0.5) is 4.39 Å². The molecule has 0 fully saturated rings. The second-order valence-electron chi connectivity index (χ2n) is 6.73. The van der Waals surface area contributed by atoms with Crippen LogP contribution in [0.2, 0.25) is 0 Å². The van der Waals surface area contributed by atoms with Crippen molar-refractivity contribution in [2.75, 3.05) is 0 Å². The normalized spacial score (nSPS) is 17.0. The maximum absolute atomic E-state index is 14.9. The van der Waals surface area contributed by atoms with Crippen molar-refractivity contribution in [3.8, 4) is 0 Å². The summed E-state index contributed by atoms with van der Waals surface area (Å²) in [7, 11) is 0. The Balaban J connectivity index is 2.34. The van der Waals surface area contributed by atoms with Crippen molar-refractivity contribution in [1.29, 1.82) is 0 Å². The van der Waals surface area contributed by atoms with Gasteiger partial charge in [0.05, 0.1) is 5.56 Å². The van der Waals surface area contributed by atoms with Gasteiger partial charge in [-0.3, -0.25) is 4.79 Å². The van der Waals surface area contributed by atoms with Crippen molar-refractivity contribution in [2.45, 2.75) is 53.4 Å². The lowest BCUT2D eigenvalue weighted by Crippen LogP contribution is -2.01. The van der Waals surface area contributed by atoms with Crippen LogP contribution in [0, 0.1) is 32.5 Å². The molecule has 2 aromatic rings. The van der Waals surface area contributed by atoms with E-state index in [9.17, 15) is 9.18 Å². The maximum Gasteiger partial charge on any atom is 0.153 e. The van der Waals surface area contributed by atoms with Crippen LogP contribution in [0.25, 0.3) is 10.8 Å². The first kappa shape index (κ1) is 15.2. The van der Waals surface area contributed by atoms with Gasteiger partial charge in [0.2, 0.25) is 0 Å². The molecule has 0 aliphatic heterocycles. The van der Waals surface area contributed by atoms with E-state index in [0.29, 0.717) is 17.6 Å². The molecular weight excluding hydrogens is 275 g/mol. The van der Waals surface area contributed by atoms with Gasteiger partial charge < -0.3 is 0 Å². The summed E-state index contributed by atoms with van der Waals surface area (Å²) < 4.78 is 14.9. The van der Waals surface area contributed by atoms with E-state index in [1.165, 1.54) is 29.5 Å². The standard InChI is InChI=1S/C20H23FO/c1-5-6-14-8-15-12(3)13(4)19-17(16(15)9-14)7-11(2)18(10-22)20(19)21/h7,10,14H,5-6,8-9H2,1-4H3. The van der Waals surface area contributed by atoms with Gasteiger partial charge in [-0.15, -0.1) is 0 Å². The lowest BCUT2D eigenvalue weighted by Gasteiger charge is -2.16. The van der Waals surface area contributed by atoms with E-state index < -0.39 is 0 Å². The number of fused-ring (bicyclic) bond motifs is 3. The Bertz CT molecular complexity index is 774. The second-order valence-corrected chi connectivity index (χ2v) is 6.73. The van der Waals surface area contributed by atoms with Crippen molar-refractivity contribution < 1.29 is 9.18 Å². The molecule has 1 unspecified atom stereocenters. The molecule has 1 nitrogen and oxygen atoms in total. The number of hydrogen-bond donors (Lipinski definition) is 0. The molecule has 2 heteroatoms. The molecule has 1 atom stereocenters. The lowest BCUT2D eigenvalue weighted by molar-refractivity contribution is 0.111. The van der Waals surface area contributed by atoms with Crippen molar-refractivity contribution in [2.24, 2.45) is 5.92 Å². The zero-order valence-electron chi connectivity index (χ0n) is 13.8. The van der Waals surface area contributed by atoms with E-state index in [0.717, 1.165) is 29.4 Å². The quantitative estimate of drug-likeness (QED) is 0.709. The minimum atomic E-state index is -0.340. The Kier molecular flexibility index (Phi) is 3.80. The van der Waals surface area contributed by atoms with Gasteiger partial charge in [-0.2, -0.15) is 0 Å². The molecule has 0 heterocycles. The van der Waals surface area contributed by atoms with Gasteiger partial charge in [0, 0.05) is 5.39 Å². The Hall–Kier alpha value is -1.70. The first-order valence-electron chi connectivity index (χ1n) is 8.18. The summed E-state index contributed by atoms with van der Waals surface area (Å²) in [5.41, 5.74) is 5.88. The molecule has 0 aromatic heterocycles. The van der Waals surface area contributed by atoms with Gasteiger partial charge in [0.25, 0.3) is 0 Å². The number of benzene rings is 2. The molecule has 0 saturated carbocycles. The molecule has 1 aliphatic rings. The van der Waals surface area contributed by atoms with Gasteiger partial charge in [-0.1, -0.05) is 25.8 Å². The van der Waals surface area contributed by atoms with E-state index in [-0.39, 0.29) is 11.4 Å². The van der Waals surface area contributed by atoms with E-state index in [2.05, 4.69) is 13.8 Å². The third kappa shape index (κ3) is 2.08. The molecule has 0 saturated heterocycles. The number of halogens is 1. The van der Waals surface area contributed by atoms with Crippen molar-refractivity contribution in [1.82, 2.24) is 0 Å². The largest absolute Gasteiger partial charge is 0.298 e. The van der Waals surface area contributed by atoms with E-state index in [1.807, 2.05) is 19.9 Å². The van der Waals surface area contributed by atoms with Crippen LogP contribution >= 0.6 is 0 Å². The van der Waals surface area contributed by atoms with Gasteiger partial charge in [-0.25, -0.2) is 4.39 Å². The first-order valence-corrected chi connectivity index (χ1v) is 8.18. The topological polar surface area (TPSA) is 17.1 Å². The maximum atomic E-state index is 14.9. The summed E-state index contributed by atoms with van der Waals surface area (Å²) in [6, 6.07) is 2.02. The highest BCUT2D eigenvalue weighted by Gasteiger charge is 2.27. The summed E-state index contributed by atoms with van der Waals surface area (Å²) in [6.45, 7) is 8.13. The van der Waals surface area contributed by atoms with Crippen molar-refractivity contribution >= 4 is 17.1 Å². The van der Waals surface area contributed by atoms with Gasteiger partial charge in [0.15, 0.2) is 6.29 Å². The molecule has 0 spiro atoms. The fraction of sp³-hybridized carbons (Fsp3) is 0.450.